The van der Waals surface area contributed by atoms with E-state index in [0.29, 0.717) is 18.2 Å². The molecule has 2 heterocycles. The van der Waals surface area contributed by atoms with Gasteiger partial charge in [0.25, 0.3) is 5.91 Å². The van der Waals surface area contributed by atoms with Gasteiger partial charge < -0.3 is 9.88 Å². The largest absolute Gasteiger partial charge is 0.350 e. The summed E-state index contributed by atoms with van der Waals surface area (Å²) in [5.74, 6) is 0.00733. The number of rotatable bonds is 5. The maximum absolute atomic E-state index is 12.3. The van der Waals surface area contributed by atoms with Crippen LogP contribution in [0.5, 0.6) is 0 Å². The summed E-state index contributed by atoms with van der Waals surface area (Å²) in [5, 5.41) is 3.06. The minimum atomic E-state index is 0.00733. The van der Waals surface area contributed by atoms with E-state index in [1.54, 1.807) is 0 Å². The Kier molecular flexibility index (Phi) is 5.13. The van der Waals surface area contributed by atoms with Crippen LogP contribution in [-0.4, -0.2) is 41.1 Å². The molecule has 0 aliphatic carbocycles. The van der Waals surface area contributed by atoms with Gasteiger partial charge in [-0.3, -0.25) is 9.69 Å². The van der Waals surface area contributed by atoms with Gasteiger partial charge in [-0.15, -0.1) is 0 Å². The lowest BCUT2D eigenvalue weighted by atomic mass is 10.1. The van der Waals surface area contributed by atoms with Crippen LogP contribution < -0.4 is 5.32 Å². The zero-order valence-corrected chi connectivity index (χ0v) is 13.7. The lowest BCUT2D eigenvalue weighted by molar-refractivity contribution is 0.0930. The Morgan fingerprint density at radius 3 is 2.39 bits per heavy atom. The van der Waals surface area contributed by atoms with Crippen LogP contribution in [0.25, 0.3) is 5.69 Å². The number of benzene rings is 1. The molecule has 1 N–H and O–H groups in total. The summed E-state index contributed by atoms with van der Waals surface area (Å²) >= 11 is 0. The molecular weight excluding hydrogens is 286 g/mol. The number of amides is 1. The highest BCUT2D eigenvalue weighted by molar-refractivity contribution is 5.94. The number of piperidine rings is 1. The molecule has 1 aliphatic heterocycles. The smallest absolute Gasteiger partial charge is 0.251 e. The molecule has 0 radical (unpaired) electrons. The van der Waals surface area contributed by atoms with Gasteiger partial charge >= 0.3 is 0 Å². The first kappa shape index (κ1) is 15.8. The van der Waals surface area contributed by atoms with Crippen molar-refractivity contribution in [2.24, 2.45) is 0 Å². The fraction of sp³-hybridized carbons (Fsp3) is 0.421. The van der Waals surface area contributed by atoms with Crippen LogP contribution >= 0.6 is 0 Å². The third-order valence-corrected chi connectivity index (χ3v) is 4.60. The molecule has 1 saturated heterocycles. The van der Waals surface area contributed by atoms with Crippen molar-refractivity contribution >= 4 is 5.91 Å². The number of likely N-dealkylation sites (tertiary alicyclic amines) is 1. The summed E-state index contributed by atoms with van der Waals surface area (Å²) in [4.78, 5) is 14.8. The first-order valence-corrected chi connectivity index (χ1v) is 8.50. The number of carbonyl (C=O) groups excluding carboxylic acids is 1. The topological polar surface area (TPSA) is 37.3 Å². The summed E-state index contributed by atoms with van der Waals surface area (Å²) in [7, 11) is 0. The molecule has 1 amide bonds. The van der Waals surface area contributed by atoms with Crippen LogP contribution in [0.4, 0.5) is 0 Å². The number of hydrogen-bond donors (Lipinski definition) is 1. The molecule has 1 aromatic heterocycles. The van der Waals surface area contributed by atoms with Crippen molar-refractivity contribution in [3.63, 3.8) is 0 Å². The molecule has 1 unspecified atom stereocenters. The van der Waals surface area contributed by atoms with Crippen molar-refractivity contribution in [3.05, 3.63) is 54.4 Å². The Morgan fingerprint density at radius 2 is 1.74 bits per heavy atom. The van der Waals surface area contributed by atoms with Gasteiger partial charge in [-0.25, -0.2) is 0 Å². The van der Waals surface area contributed by atoms with E-state index in [1.165, 1.54) is 19.3 Å². The summed E-state index contributed by atoms with van der Waals surface area (Å²) in [6.45, 7) is 5.21. The van der Waals surface area contributed by atoms with E-state index < -0.39 is 0 Å². The molecule has 2 aromatic rings. The fourth-order valence-corrected chi connectivity index (χ4v) is 3.12. The zero-order chi connectivity index (χ0) is 16.1. The second-order valence-corrected chi connectivity index (χ2v) is 6.29. The highest BCUT2D eigenvalue weighted by atomic mass is 16.1. The standard InChI is InChI=1S/C19H25N3O/c1-16(21-11-3-2-4-12-21)15-20-19(23)17-7-9-18(10-8-17)22-13-5-6-14-22/h5-10,13-14,16H,2-4,11-12,15H2,1H3,(H,20,23). The Balaban J connectivity index is 1.53. The molecule has 0 spiro atoms. The van der Waals surface area contributed by atoms with E-state index in [4.69, 9.17) is 0 Å². The van der Waals surface area contributed by atoms with Crippen LogP contribution in [0.2, 0.25) is 0 Å². The van der Waals surface area contributed by atoms with Crippen LogP contribution in [0, 0.1) is 0 Å². The number of nitrogens with one attached hydrogen (secondary N) is 1. The zero-order valence-electron chi connectivity index (χ0n) is 13.7. The van der Waals surface area contributed by atoms with Gasteiger partial charge in [-0.2, -0.15) is 0 Å². The van der Waals surface area contributed by atoms with Crippen molar-refractivity contribution in [3.8, 4) is 5.69 Å². The predicted octanol–water partition coefficient (Wildman–Crippen LogP) is 3.08. The Hall–Kier alpha value is -2.07. The summed E-state index contributed by atoms with van der Waals surface area (Å²) < 4.78 is 2.03. The normalized spacial score (nSPS) is 16.9. The lowest BCUT2D eigenvalue weighted by Gasteiger charge is -2.32. The van der Waals surface area contributed by atoms with Gasteiger partial charge in [0.15, 0.2) is 0 Å². The minimum Gasteiger partial charge on any atom is -0.350 e. The molecule has 0 bridgehead atoms. The van der Waals surface area contributed by atoms with Crippen molar-refractivity contribution in [1.82, 2.24) is 14.8 Å². The molecule has 1 fully saturated rings. The molecule has 122 valence electrons. The van der Waals surface area contributed by atoms with Crippen molar-refractivity contribution < 1.29 is 4.79 Å². The van der Waals surface area contributed by atoms with Crippen LogP contribution in [-0.2, 0) is 0 Å². The highest BCUT2D eigenvalue weighted by Crippen LogP contribution is 2.12. The van der Waals surface area contributed by atoms with Gasteiger partial charge in [0.2, 0.25) is 0 Å². The molecular formula is C19H25N3O. The number of nitrogens with zero attached hydrogens (tertiary/aromatic N) is 2. The molecule has 3 rings (SSSR count). The van der Waals surface area contributed by atoms with E-state index >= 15 is 0 Å². The molecule has 1 atom stereocenters. The first-order chi connectivity index (χ1) is 11.2. The van der Waals surface area contributed by atoms with Crippen molar-refractivity contribution in [1.29, 1.82) is 0 Å². The van der Waals surface area contributed by atoms with Crippen molar-refractivity contribution in [2.75, 3.05) is 19.6 Å². The Labute approximate surface area is 138 Å². The number of carbonyl (C=O) groups is 1. The van der Waals surface area contributed by atoms with E-state index in [-0.39, 0.29) is 5.91 Å². The summed E-state index contributed by atoms with van der Waals surface area (Å²) in [6, 6.07) is 12.1. The Bertz CT molecular complexity index is 613. The second-order valence-electron chi connectivity index (χ2n) is 6.29. The van der Waals surface area contributed by atoms with E-state index in [9.17, 15) is 4.79 Å². The first-order valence-electron chi connectivity index (χ1n) is 8.50. The van der Waals surface area contributed by atoms with Crippen LogP contribution in [0.15, 0.2) is 48.8 Å². The monoisotopic (exact) mass is 311 g/mol. The fourth-order valence-electron chi connectivity index (χ4n) is 3.12. The molecule has 23 heavy (non-hydrogen) atoms. The van der Waals surface area contributed by atoms with Crippen LogP contribution in [0.1, 0.15) is 36.5 Å². The third kappa shape index (κ3) is 4.02. The van der Waals surface area contributed by atoms with E-state index in [0.717, 1.165) is 18.8 Å². The maximum atomic E-state index is 12.3. The van der Waals surface area contributed by atoms with E-state index in [2.05, 4.69) is 17.1 Å². The Morgan fingerprint density at radius 1 is 1.09 bits per heavy atom. The van der Waals surface area contributed by atoms with Gasteiger partial charge in [0.1, 0.15) is 0 Å². The molecule has 1 aliphatic rings. The van der Waals surface area contributed by atoms with Gasteiger partial charge in [0.05, 0.1) is 0 Å². The van der Waals surface area contributed by atoms with Gasteiger partial charge in [-0.1, -0.05) is 6.42 Å². The maximum Gasteiger partial charge on any atom is 0.251 e. The second kappa shape index (κ2) is 7.47. The predicted molar refractivity (Wildman–Crippen MR) is 93.0 cm³/mol. The average molecular weight is 311 g/mol. The quantitative estimate of drug-likeness (QED) is 0.921. The van der Waals surface area contributed by atoms with Crippen molar-refractivity contribution in [2.45, 2.75) is 32.2 Å². The minimum absolute atomic E-state index is 0.00733. The number of aromatic nitrogens is 1. The molecule has 4 heteroatoms. The highest BCUT2D eigenvalue weighted by Gasteiger charge is 2.17. The average Bonchev–Trinajstić information content (AvgIpc) is 3.15. The third-order valence-electron chi connectivity index (χ3n) is 4.60. The summed E-state index contributed by atoms with van der Waals surface area (Å²) in [6.07, 6.45) is 7.88. The molecule has 4 nitrogen and oxygen atoms in total. The molecule has 1 aromatic carbocycles. The van der Waals surface area contributed by atoms with Crippen LogP contribution in [0.3, 0.4) is 0 Å². The van der Waals surface area contributed by atoms with Gasteiger partial charge in [-0.05, 0) is 69.3 Å². The van der Waals surface area contributed by atoms with E-state index in [1.807, 2.05) is 53.4 Å². The SMILES string of the molecule is CC(CNC(=O)c1ccc(-n2cccc2)cc1)N1CCCCC1. The summed E-state index contributed by atoms with van der Waals surface area (Å²) in [5.41, 5.74) is 1.78. The van der Waals surface area contributed by atoms with Gasteiger partial charge in [0, 0.05) is 36.2 Å². The number of hydrogen-bond acceptors (Lipinski definition) is 2. The lowest BCUT2D eigenvalue weighted by Crippen LogP contribution is -2.44. The molecule has 0 saturated carbocycles.